The number of methoxy groups -OCH3 is 1. The van der Waals surface area contributed by atoms with Crippen molar-refractivity contribution in [3.63, 3.8) is 0 Å². The molecule has 0 aromatic rings. The fourth-order valence-electron chi connectivity index (χ4n) is 1.48. The lowest BCUT2D eigenvalue weighted by molar-refractivity contribution is 0.0215. The van der Waals surface area contributed by atoms with Crippen LogP contribution in [-0.4, -0.2) is 55.5 Å². The summed E-state index contributed by atoms with van der Waals surface area (Å²) in [5, 5.41) is 12.9. The van der Waals surface area contributed by atoms with Crippen LogP contribution in [0.4, 0.5) is 0 Å². The van der Waals surface area contributed by atoms with Crippen molar-refractivity contribution < 1.29 is 9.84 Å². The number of β-amino-alcohol motifs (C(OH)–C–C–N with tert-alkyl or cyclic N) is 1. The van der Waals surface area contributed by atoms with Gasteiger partial charge in [0.05, 0.1) is 12.2 Å². The number of nitrogens with zero attached hydrogens (tertiary/aromatic N) is 4. The highest BCUT2D eigenvalue weighted by atomic mass is 16.5. The SMILES string of the molecule is CO[C@H]1CN(CCN=[N+]=[N-])C[C@H]1O. The van der Waals surface area contributed by atoms with Crippen LogP contribution in [0.5, 0.6) is 0 Å². The maximum absolute atomic E-state index is 9.45. The van der Waals surface area contributed by atoms with E-state index in [-0.39, 0.29) is 6.10 Å². The van der Waals surface area contributed by atoms with Gasteiger partial charge >= 0.3 is 0 Å². The second-order valence-corrected chi connectivity index (χ2v) is 3.06. The smallest absolute Gasteiger partial charge is 0.0969 e. The molecular formula is C7H14N4O2. The summed E-state index contributed by atoms with van der Waals surface area (Å²) >= 11 is 0. The van der Waals surface area contributed by atoms with E-state index in [1.54, 1.807) is 7.11 Å². The van der Waals surface area contributed by atoms with Crippen LogP contribution in [0.2, 0.25) is 0 Å². The van der Waals surface area contributed by atoms with E-state index in [2.05, 4.69) is 10.0 Å². The van der Waals surface area contributed by atoms with Crippen LogP contribution in [-0.2, 0) is 4.74 Å². The molecule has 0 saturated carbocycles. The van der Waals surface area contributed by atoms with Crippen LogP contribution >= 0.6 is 0 Å². The van der Waals surface area contributed by atoms with Crippen molar-refractivity contribution in [2.75, 3.05) is 33.3 Å². The van der Waals surface area contributed by atoms with E-state index >= 15 is 0 Å². The summed E-state index contributed by atoms with van der Waals surface area (Å²) in [5.74, 6) is 0. The molecule has 0 unspecified atom stereocenters. The summed E-state index contributed by atoms with van der Waals surface area (Å²) in [7, 11) is 1.59. The third kappa shape index (κ3) is 2.86. The molecule has 1 heterocycles. The van der Waals surface area contributed by atoms with E-state index in [0.29, 0.717) is 26.2 Å². The van der Waals surface area contributed by atoms with Crippen molar-refractivity contribution in [3.05, 3.63) is 10.4 Å². The zero-order chi connectivity index (χ0) is 9.68. The van der Waals surface area contributed by atoms with Crippen molar-refractivity contribution in [3.8, 4) is 0 Å². The lowest BCUT2D eigenvalue weighted by Gasteiger charge is -2.12. The summed E-state index contributed by atoms with van der Waals surface area (Å²) in [6.45, 7) is 2.43. The molecule has 0 aromatic carbocycles. The molecule has 1 fully saturated rings. The molecule has 6 heteroatoms. The first-order valence-electron chi connectivity index (χ1n) is 4.22. The number of hydrogen-bond donors (Lipinski definition) is 1. The Morgan fingerprint density at radius 3 is 3.00 bits per heavy atom. The van der Waals surface area contributed by atoms with E-state index in [4.69, 9.17) is 10.3 Å². The molecule has 74 valence electrons. The quantitative estimate of drug-likeness (QED) is 0.381. The van der Waals surface area contributed by atoms with Crippen LogP contribution in [0.1, 0.15) is 0 Å². The molecule has 0 bridgehead atoms. The van der Waals surface area contributed by atoms with Crippen molar-refractivity contribution in [2.24, 2.45) is 5.11 Å². The largest absolute Gasteiger partial charge is 0.389 e. The highest BCUT2D eigenvalue weighted by molar-refractivity contribution is 4.84. The summed E-state index contributed by atoms with van der Waals surface area (Å²) in [6.07, 6.45) is -0.526. The molecule has 13 heavy (non-hydrogen) atoms. The Kier molecular flexibility index (Phi) is 3.98. The van der Waals surface area contributed by atoms with E-state index in [9.17, 15) is 5.11 Å². The summed E-state index contributed by atoms with van der Waals surface area (Å²) < 4.78 is 5.06. The number of aliphatic hydroxyl groups is 1. The summed E-state index contributed by atoms with van der Waals surface area (Å²) in [4.78, 5) is 4.68. The Bertz CT molecular complexity index is 205. The Hall–Kier alpha value is -0.810. The molecule has 6 nitrogen and oxygen atoms in total. The van der Waals surface area contributed by atoms with Crippen LogP contribution < -0.4 is 0 Å². The number of ether oxygens (including phenoxy) is 1. The third-order valence-corrected chi connectivity index (χ3v) is 2.19. The summed E-state index contributed by atoms with van der Waals surface area (Å²) in [6, 6.07) is 0. The maximum Gasteiger partial charge on any atom is 0.0969 e. The second kappa shape index (κ2) is 5.04. The van der Waals surface area contributed by atoms with Gasteiger partial charge in [-0.25, -0.2) is 0 Å². The van der Waals surface area contributed by atoms with Gasteiger partial charge in [-0.1, -0.05) is 5.11 Å². The number of hydrogen-bond acceptors (Lipinski definition) is 4. The van der Waals surface area contributed by atoms with Gasteiger partial charge in [0.25, 0.3) is 0 Å². The van der Waals surface area contributed by atoms with E-state index in [1.165, 1.54) is 0 Å². The van der Waals surface area contributed by atoms with Gasteiger partial charge in [-0.3, -0.25) is 4.90 Å². The molecule has 0 aliphatic carbocycles. The number of likely N-dealkylation sites (tertiary alicyclic amines) is 1. The van der Waals surface area contributed by atoms with Gasteiger partial charge in [0.1, 0.15) is 0 Å². The number of rotatable bonds is 4. The minimum Gasteiger partial charge on any atom is -0.389 e. The first kappa shape index (κ1) is 10.3. The Morgan fingerprint density at radius 1 is 1.69 bits per heavy atom. The lowest BCUT2D eigenvalue weighted by atomic mass is 10.3. The van der Waals surface area contributed by atoms with Crippen molar-refractivity contribution >= 4 is 0 Å². The average Bonchev–Trinajstić information content (AvgIpc) is 2.47. The summed E-state index contributed by atoms with van der Waals surface area (Å²) in [5.41, 5.74) is 8.06. The highest BCUT2D eigenvalue weighted by Gasteiger charge is 2.30. The molecule has 0 amide bonds. The minimum absolute atomic E-state index is 0.105. The van der Waals surface area contributed by atoms with Gasteiger partial charge in [-0.2, -0.15) is 0 Å². The average molecular weight is 186 g/mol. The molecule has 1 saturated heterocycles. The van der Waals surface area contributed by atoms with E-state index < -0.39 is 6.10 Å². The van der Waals surface area contributed by atoms with Crippen molar-refractivity contribution in [2.45, 2.75) is 12.2 Å². The monoisotopic (exact) mass is 186 g/mol. The molecule has 0 spiro atoms. The fourth-order valence-corrected chi connectivity index (χ4v) is 1.48. The zero-order valence-corrected chi connectivity index (χ0v) is 7.63. The van der Waals surface area contributed by atoms with Crippen molar-refractivity contribution in [1.29, 1.82) is 0 Å². The normalized spacial score (nSPS) is 28.8. The molecule has 1 aliphatic rings. The Morgan fingerprint density at radius 2 is 2.46 bits per heavy atom. The predicted octanol–water partition coefficient (Wildman–Crippen LogP) is -0.0118. The molecular weight excluding hydrogens is 172 g/mol. The van der Waals surface area contributed by atoms with E-state index in [0.717, 1.165) is 0 Å². The van der Waals surface area contributed by atoms with Gasteiger partial charge < -0.3 is 9.84 Å². The van der Waals surface area contributed by atoms with Gasteiger partial charge in [0.15, 0.2) is 0 Å². The third-order valence-electron chi connectivity index (χ3n) is 2.19. The first-order chi connectivity index (χ1) is 6.27. The first-order valence-corrected chi connectivity index (χ1v) is 4.22. The van der Waals surface area contributed by atoms with Crippen LogP contribution in [0.3, 0.4) is 0 Å². The van der Waals surface area contributed by atoms with Crippen LogP contribution in [0.15, 0.2) is 5.11 Å². The molecule has 1 rings (SSSR count). The minimum atomic E-state index is -0.420. The van der Waals surface area contributed by atoms with Crippen molar-refractivity contribution in [1.82, 2.24) is 4.90 Å². The fraction of sp³-hybridized carbons (Fsp3) is 1.00. The molecule has 2 atom stereocenters. The van der Waals surface area contributed by atoms with Gasteiger partial charge in [0.2, 0.25) is 0 Å². The van der Waals surface area contributed by atoms with Gasteiger partial charge in [-0.15, -0.1) is 0 Å². The number of aliphatic hydroxyl groups excluding tert-OH is 1. The number of azide groups is 1. The molecule has 0 aromatic heterocycles. The van der Waals surface area contributed by atoms with Crippen LogP contribution in [0.25, 0.3) is 10.4 Å². The Balaban J connectivity index is 2.27. The van der Waals surface area contributed by atoms with Gasteiger partial charge in [-0.05, 0) is 5.53 Å². The van der Waals surface area contributed by atoms with Gasteiger partial charge in [0, 0.05) is 38.2 Å². The maximum atomic E-state index is 9.45. The second-order valence-electron chi connectivity index (χ2n) is 3.06. The molecule has 1 N–H and O–H groups in total. The van der Waals surface area contributed by atoms with E-state index in [1.807, 2.05) is 4.90 Å². The highest BCUT2D eigenvalue weighted by Crippen LogP contribution is 2.11. The van der Waals surface area contributed by atoms with Crippen LogP contribution in [0, 0.1) is 0 Å². The predicted molar refractivity (Wildman–Crippen MR) is 47.3 cm³/mol. The molecule has 1 aliphatic heterocycles. The topological polar surface area (TPSA) is 81.5 Å². The standard InChI is InChI=1S/C7H14N4O2/c1-13-7-5-11(4-6(7)12)3-2-9-10-8/h6-7,12H,2-5H2,1H3/t6-,7+/m1/s1. The lowest BCUT2D eigenvalue weighted by Crippen LogP contribution is -2.25. The Labute approximate surface area is 76.7 Å². The molecule has 0 radical (unpaired) electrons. The zero-order valence-electron chi connectivity index (χ0n) is 7.63.